The van der Waals surface area contributed by atoms with Crippen LogP contribution >= 0.6 is 0 Å². The van der Waals surface area contributed by atoms with Crippen molar-refractivity contribution in [1.29, 1.82) is 0 Å². The molecule has 2 rings (SSSR count). The molecule has 6 heteroatoms. The van der Waals surface area contributed by atoms with Crippen molar-refractivity contribution in [2.24, 2.45) is 0 Å². The molecular weight excluding hydrogens is 303 g/mol. The van der Waals surface area contributed by atoms with Crippen LogP contribution in [0.1, 0.15) is 10.4 Å². The first-order valence-electron chi connectivity index (χ1n) is 6.91. The van der Waals surface area contributed by atoms with Gasteiger partial charge < -0.3 is 18.9 Å². The Morgan fingerprint density at radius 2 is 1.78 bits per heavy atom. The smallest absolute Gasteiger partial charge is 0.337 e. The van der Waals surface area contributed by atoms with Crippen LogP contribution in [0.3, 0.4) is 0 Å². The number of benzene rings is 2. The summed E-state index contributed by atoms with van der Waals surface area (Å²) in [6, 6.07) is 10.6. The molecule has 23 heavy (non-hydrogen) atoms. The van der Waals surface area contributed by atoms with Crippen LogP contribution in [0.2, 0.25) is 0 Å². The minimum absolute atomic E-state index is 0.241. The maximum atomic E-state index is 13.0. The minimum atomic E-state index is -0.454. The Kier molecular flexibility index (Phi) is 5.80. The minimum Gasteiger partial charge on any atom is -0.493 e. The topological polar surface area (TPSA) is 54.0 Å². The molecule has 122 valence electrons. The van der Waals surface area contributed by atoms with Gasteiger partial charge in [0.2, 0.25) is 0 Å². The maximum Gasteiger partial charge on any atom is 0.337 e. The van der Waals surface area contributed by atoms with Crippen molar-refractivity contribution in [3.63, 3.8) is 0 Å². The van der Waals surface area contributed by atoms with Gasteiger partial charge in [0.1, 0.15) is 24.8 Å². The number of rotatable bonds is 7. The summed E-state index contributed by atoms with van der Waals surface area (Å²) in [5, 5.41) is 0. The van der Waals surface area contributed by atoms with Gasteiger partial charge in [-0.25, -0.2) is 9.18 Å². The van der Waals surface area contributed by atoms with Gasteiger partial charge >= 0.3 is 5.97 Å². The molecule has 0 saturated heterocycles. The van der Waals surface area contributed by atoms with E-state index in [1.54, 1.807) is 24.3 Å². The van der Waals surface area contributed by atoms with Gasteiger partial charge in [-0.2, -0.15) is 0 Å². The average molecular weight is 320 g/mol. The second-order valence-corrected chi connectivity index (χ2v) is 4.51. The van der Waals surface area contributed by atoms with E-state index in [4.69, 9.17) is 14.2 Å². The highest BCUT2D eigenvalue weighted by molar-refractivity contribution is 5.90. The third-order valence-corrected chi connectivity index (χ3v) is 2.99. The SMILES string of the molecule is COC(=O)c1ccc(OCCOc2cccc(F)c2)c(OC)c1. The predicted molar refractivity (Wildman–Crippen MR) is 81.7 cm³/mol. The van der Waals surface area contributed by atoms with Gasteiger partial charge in [-0.05, 0) is 30.3 Å². The molecule has 0 aliphatic rings. The highest BCUT2D eigenvalue weighted by atomic mass is 19.1. The van der Waals surface area contributed by atoms with Crippen LogP contribution in [0.15, 0.2) is 42.5 Å². The molecule has 2 aromatic rings. The van der Waals surface area contributed by atoms with Gasteiger partial charge in [-0.15, -0.1) is 0 Å². The summed E-state index contributed by atoms with van der Waals surface area (Å²) in [4.78, 5) is 11.5. The first-order valence-corrected chi connectivity index (χ1v) is 6.91. The van der Waals surface area contributed by atoms with Crippen molar-refractivity contribution in [3.8, 4) is 17.2 Å². The van der Waals surface area contributed by atoms with E-state index in [1.807, 2.05) is 0 Å². The first-order chi connectivity index (χ1) is 11.1. The number of carbonyl (C=O) groups excluding carboxylic acids is 1. The Bertz CT molecular complexity index is 672. The van der Waals surface area contributed by atoms with E-state index in [1.165, 1.54) is 32.4 Å². The molecule has 0 aliphatic carbocycles. The molecule has 0 saturated carbocycles. The lowest BCUT2D eigenvalue weighted by Gasteiger charge is -2.12. The number of hydrogen-bond acceptors (Lipinski definition) is 5. The third kappa shape index (κ3) is 4.60. The Morgan fingerprint density at radius 3 is 2.48 bits per heavy atom. The van der Waals surface area contributed by atoms with Crippen LogP contribution in [0.4, 0.5) is 4.39 Å². The highest BCUT2D eigenvalue weighted by Crippen LogP contribution is 2.28. The molecule has 0 radical (unpaired) electrons. The fourth-order valence-electron chi connectivity index (χ4n) is 1.90. The van der Waals surface area contributed by atoms with E-state index in [0.29, 0.717) is 22.8 Å². The highest BCUT2D eigenvalue weighted by Gasteiger charge is 2.11. The maximum absolute atomic E-state index is 13.0. The second kappa shape index (κ2) is 8.03. The average Bonchev–Trinajstić information content (AvgIpc) is 2.58. The standard InChI is InChI=1S/C17H17FO5/c1-20-16-10-12(17(19)21-2)6-7-15(16)23-9-8-22-14-5-3-4-13(18)11-14/h3-7,10-11H,8-9H2,1-2H3. The summed E-state index contributed by atoms with van der Waals surface area (Å²) in [7, 11) is 2.79. The molecular formula is C17H17FO5. The fraction of sp³-hybridized carbons (Fsp3) is 0.235. The number of methoxy groups -OCH3 is 2. The number of carbonyl (C=O) groups is 1. The third-order valence-electron chi connectivity index (χ3n) is 2.99. The molecule has 5 nitrogen and oxygen atoms in total. The van der Waals surface area contributed by atoms with Crippen LogP contribution in [-0.2, 0) is 4.74 Å². The molecule has 0 atom stereocenters. The van der Waals surface area contributed by atoms with Gasteiger partial charge in [-0.1, -0.05) is 6.07 Å². The van der Waals surface area contributed by atoms with Crippen molar-refractivity contribution in [1.82, 2.24) is 0 Å². The second-order valence-electron chi connectivity index (χ2n) is 4.51. The summed E-state index contributed by atoms with van der Waals surface area (Å²) in [5.74, 6) is 0.510. The normalized spacial score (nSPS) is 10.0. The van der Waals surface area contributed by atoms with Gasteiger partial charge in [0.05, 0.1) is 19.8 Å². The molecule has 0 N–H and O–H groups in total. The molecule has 0 heterocycles. The van der Waals surface area contributed by atoms with Gasteiger partial charge in [0.25, 0.3) is 0 Å². The van der Waals surface area contributed by atoms with Gasteiger partial charge in [0.15, 0.2) is 11.5 Å². The van der Waals surface area contributed by atoms with Crippen LogP contribution in [0.25, 0.3) is 0 Å². The fourth-order valence-corrected chi connectivity index (χ4v) is 1.90. The van der Waals surface area contributed by atoms with Gasteiger partial charge in [0, 0.05) is 6.07 Å². The zero-order valence-electron chi connectivity index (χ0n) is 12.9. The van der Waals surface area contributed by atoms with Crippen LogP contribution in [0.5, 0.6) is 17.2 Å². The zero-order chi connectivity index (χ0) is 16.7. The van der Waals surface area contributed by atoms with Crippen LogP contribution in [0, 0.1) is 5.82 Å². The van der Waals surface area contributed by atoms with Crippen molar-refractivity contribution in [3.05, 3.63) is 53.8 Å². The first kappa shape index (κ1) is 16.6. The lowest BCUT2D eigenvalue weighted by molar-refractivity contribution is 0.0600. The van der Waals surface area contributed by atoms with E-state index in [-0.39, 0.29) is 19.0 Å². The molecule has 0 aromatic heterocycles. The van der Waals surface area contributed by atoms with E-state index in [2.05, 4.69) is 4.74 Å². The molecule has 0 spiro atoms. The zero-order valence-corrected chi connectivity index (χ0v) is 12.9. The monoisotopic (exact) mass is 320 g/mol. The Hall–Kier alpha value is -2.76. The lowest BCUT2D eigenvalue weighted by atomic mass is 10.2. The molecule has 0 fully saturated rings. The van der Waals surface area contributed by atoms with Crippen molar-refractivity contribution >= 4 is 5.97 Å². The Morgan fingerprint density at radius 1 is 1.00 bits per heavy atom. The molecule has 0 unspecified atom stereocenters. The molecule has 0 amide bonds. The van der Waals surface area contributed by atoms with E-state index >= 15 is 0 Å². The van der Waals surface area contributed by atoms with Crippen molar-refractivity contribution < 1.29 is 28.1 Å². The summed E-state index contributed by atoms with van der Waals surface area (Å²) in [6.45, 7) is 0.482. The summed E-state index contributed by atoms with van der Waals surface area (Å²) in [6.07, 6.45) is 0. The Balaban J connectivity index is 1.91. The summed E-state index contributed by atoms with van der Waals surface area (Å²) < 4.78 is 33.8. The summed E-state index contributed by atoms with van der Waals surface area (Å²) in [5.41, 5.74) is 0.368. The number of halogens is 1. The van der Waals surface area contributed by atoms with Crippen LogP contribution < -0.4 is 14.2 Å². The van der Waals surface area contributed by atoms with E-state index < -0.39 is 5.97 Å². The lowest BCUT2D eigenvalue weighted by Crippen LogP contribution is -2.10. The van der Waals surface area contributed by atoms with E-state index in [9.17, 15) is 9.18 Å². The van der Waals surface area contributed by atoms with E-state index in [0.717, 1.165) is 0 Å². The molecule has 2 aromatic carbocycles. The number of esters is 1. The quantitative estimate of drug-likeness (QED) is 0.580. The largest absolute Gasteiger partial charge is 0.493 e. The predicted octanol–water partition coefficient (Wildman–Crippen LogP) is 3.08. The van der Waals surface area contributed by atoms with Crippen LogP contribution in [-0.4, -0.2) is 33.4 Å². The summed E-state index contributed by atoms with van der Waals surface area (Å²) >= 11 is 0. The number of ether oxygens (including phenoxy) is 4. The molecule has 0 aliphatic heterocycles. The Labute approximate surface area is 133 Å². The van der Waals surface area contributed by atoms with Gasteiger partial charge in [-0.3, -0.25) is 0 Å². The van der Waals surface area contributed by atoms with Crippen molar-refractivity contribution in [2.75, 3.05) is 27.4 Å². The molecule has 0 bridgehead atoms. The van der Waals surface area contributed by atoms with Crippen molar-refractivity contribution in [2.45, 2.75) is 0 Å². The number of hydrogen-bond donors (Lipinski definition) is 0.